The lowest BCUT2D eigenvalue weighted by Crippen LogP contribution is -2.28. The van der Waals surface area contributed by atoms with Crippen LogP contribution in [0.5, 0.6) is 0 Å². The van der Waals surface area contributed by atoms with Gasteiger partial charge >= 0.3 is 0 Å². The first-order valence-corrected chi connectivity index (χ1v) is 9.01. The zero-order valence-corrected chi connectivity index (χ0v) is 15.0. The highest BCUT2D eigenvalue weighted by Crippen LogP contribution is 2.14. The van der Waals surface area contributed by atoms with Crippen molar-refractivity contribution >= 4 is 23.0 Å². The summed E-state index contributed by atoms with van der Waals surface area (Å²) in [6, 6.07) is 17.0. The number of nitrogens with one attached hydrogen (secondary N) is 2. The van der Waals surface area contributed by atoms with Gasteiger partial charge in [-0.05, 0) is 68.3 Å². The van der Waals surface area contributed by atoms with Gasteiger partial charge in [0, 0.05) is 18.8 Å². The first-order chi connectivity index (χ1) is 11.7. The molecule has 1 aliphatic heterocycles. The van der Waals surface area contributed by atoms with E-state index in [-0.39, 0.29) is 0 Å². The van der Waals surface area contributed by atoms with Gasteiger partial charge in [-0.2, -0.15) is 0 Å². The zero-order chi connectivity index (χ0) is 16.8. The van der Waals surface area contributed by atoms with Gasteiger partial charge in [-0.3, -0.25) is 4.90 Å². The van der Waals surface area contributed by atoms with Crippen molar-refractivity contribution in [1.82, 2.24) is 10.2 Å². The normalized spacial score (nSPS) is 14.5. The third-order valence-corrected chi connectivity index (χ3v) is 4.61. The van der Waals surface area contributed by atoms with Crippen molar-refractivity contribution in [2.75, 3.05) is 18.4 Å². The molecule has 1 heterocycles. The molecule has 0 unspecified atom stereocenters. The maximum Gasteiger partial charge on any atom is 0.171 e. The number of hydrogen-bond acceptors (Lipinski definition) is 2. The average molecular weight is 340 g/mol. The Morgan fingerprint density at radius 1 is 1.04 bits per heavy atom. The van der Waals surface area contributed by atoms with Crippen LogP contribution in [-0.2, 0) is 13.1 Å². The minimum absolute atomic E-state index is 0.656. The van der Waals surface area contributed by atoms with E-state index in [0.717, 1.165) is 18.8 Å². The molecule has 0 radical (unpaired) electrons. The molecule has 3 nitrogen and oxygen atoms in total. The Bertz CT molecular complexity index is 676. The molecule has 3 rings (SSSR count). The summed E-state index contributed by atoms with van der Waals surface area (Å²) in [5.41, 5.74) is 4.91. The van der Waals surface area contributed by atoms with Crippen LogP contribution >= 0.6 is 12.2 Å². The summed E-state index contributed by atoms with van der Waals surface area (Å²) >= 11 is 5.39. The monoisotopic (exact) mass is 339 g/mol. The van der Waals surface area contributed by atoms with Crippen LogP contribution in [0, 0.1) is 6.92 Å². The largest absolute Gasteiger partial charge is 0.358 e. The summed E-state index contributed by atoms with van der Waals surface area (Å²) in [6.45, 7) is 6.33. The molecule has 0 atom stereocenters. The van der Waals surface area contributed by atoms with Crippen LogP contribution in [0.25, 0.3) is 0 Å². The number of thiocarbonyl (C=S) groups is 1. The summed E-state index contributed by atoms with van der Waals surface area (Å²) in [5, 5.41) is 7.17. The van der Waals surface area contributed by atoms with E-state index >= 15 is 0 Å². The molecular weight excluding hydrogens is 314 g/mol. The van der Waals surface area contributed by atoms with Crippen molar-refractivity contribution in [3.05, 3.63) is 65.2 Å². The Morgan fingerprint density at radius 2 is 1.75 bits per heavy atom. The van der Waals surface area contributed by atoms with E-state index in [1.54, 1.807) is 0 Å². The van der Waals surface area contributed by atoms with E-state index in [0.29, 0.717) is 5.11 Å². The van der Waals surface area contributed by atoms with Gasteiger partial charge in [0.15, 0.2) is 5.11 Å². The fourth-order valence-corrected chi connectivity index (χ4v) is 3.22. The molecule has 0 amide bonds. The maximum absolute atomic E-state index is 5.39. The topological polar surface area (TPSA) is 27.3 Å². The van der Waals surface area contributed by atoms with E-state index in [9.17, 15) is 0 Å². The third-order valence-electron chi connectivity index (χ3n) is 4.36. The third kappa shape index (κ3) is 5.05. The molecule has 0 aromatic heterocycles. The molecule has 24 heavy (non-hydrogen) atoms. The summed E-state index contributed by atoms with van der Waals surface area (Å²) < 4.78 is 0. The molecule has 0 bridgehead atoms. The Balaban J connectivity index is 1.50. The molecule has 126 valence electrons. The number of aryl methyl sites for hydroxylation is 1. The molecule has 0 saturated carbocycles. The van der Waals surface area contributed by atoms with E-state index in [4.69, 9.17) is 12.2 Å². The molecular formula is C20H25N3S. The number of anilines is 1. The summed E-state index contributed by atoms with van der Waals surface area (Å²) in [7, 11) is 0. The van der Waals surface area contributed by atoms with E-state index < -0.39 is 0 Å². The highest BCUT2D eigenvalue weighted by molar-refractivity contribution is 7.80. The lowest BCUT2D eigenvalue weighted by Gasteiger charge is -2.15. The number of benzene rings is 2. The molecule has 0 spiro atoms. The minimum Gasteiger partial charge on any atom is -0.358 e. The highest BCUT2D eigenvalue weighted by atomic mass is 32.1. The summed E-state index contributed by atoms with van der Waals surface area (Å²) in [4.78, 5) is 2.52. The van der Waals surface area contributed by atoms with Crippen LogP contribution < -0.4 is 10.6 Å². The Morgan fingerprint density at radius 3 is 2.50 bits per heavy atom. The van der Waals surface area contributed by atoms with Gasteiger partial charge in [-0.15, -0.1) is 0 Å². The second-order valence-electron chi connectivity index (χ2n) is 6.48. The molecule has 0 aliphatic carbocycles. The Labute approximate surface area is 150 Å². The Kier molecular flexibility index (Phi) is 5.83. The lowest BCUT2D eigenvalue weighted by atomic mass is 10.1. The summed E-state index contributed by atoms with van der Waals surface area (Å²) in [6.07, 6.45) is 2.67. The number of hydrogen-bond donors (Lipinski definition) is 2. The van der Waals surface area contributed by atoms with Gasteiger partial charge in [0.05, 0.1) is 0 Å². The second kappa shape index (κ2) is 8.27. The fourth-order valence-electron chi connectivity index (χ4n) is 3.03. The van der Waals surface area contributed by atoms with E-state index in [1.165, 1.54) is 42.6 Å². The van der Waals surface area contributed by atoms with Gasteiger partial charge in [0.25, 0.3) is 0 Å². The second-order valence-corrected chi connectivity index (χ2v) is 6.89. The van der Waals surface area contributed by atoms with E-state index in [2.05, 4.69) is 58.9 Å². The SMILES string of the molecule is Cc1ccc(NC(=S)NCc2cccc(CN3CCCC3)c2)cc1. The van der Waals surface area contributed by atoms with Crippen LogP contribution in [0.3, 0.4) is 0 Å². The predicted molar refractivity (Wildman–Crippen MR) is 105 cm³/mol. The zero-order valence-electron chi connectivity index (χ0n) is 14.2. The maximum atomic E-state index is 5.39. The fraction of sp³-hybridized carbons (Fsp3) is 0.350. The molecule has 1 aliphatic rings. The smallest absolute Gasteiger partial charge is 0.171 e. The molecule has 1 saturated heterocycles. The van der Waals surface area contributed by atoms with Gasteiger partial charge in [0.2, 0.25) is 0 Å². The Hall–Kier alpha value is -1.91. The van der Waals surface area contributed by atoms with Crippen molar-refractivity contribution in [1.29, 1.82) is 0 Å². The summed E-state index contributed by atoms with van der Waals surface area (Å²) in [5.74, 6) is 0. The van der Waals surface area contributed by atoms with Crippen molar-refractivity contribution < 1.29 is 0 Å². The first-order valence-electron chi connectivity index (χ1n) is 8.61. The highest BCUT2D eigenvalue weighted by Gasteiger charge is 2.11. The van der Waals surface area contributed by atoms with E-state index in [1.807, 2.05) is 12.1 Å². The van der Waals surface area contributed by atoms with Gasteiger partial charge < -0.3 is 10.6 Å². The number of rotatable bonds is 5. The van der Waals surface area contributed by atoms with Crippen LogP contribution in [0.4, 0.5) is 5.69 Å². The minimum atomic E-state index is 0.656. The molecule has 4 heteroatoms. The van der Waals surface area contributed by atoms with Crippen LogP contribution in [-0.4, -0.2) is 23.1 Å². The molecule has 2 N–H and O–H groups in total. The first kappa shape index (κ1) is 16.9. The van der Waals surface area contributed by atoms with Crippen LogP contribution in [0.15, 0.2) is 48.5 Å². The van der Waals surface area contributed by atoms with Crippen molar-refractivity contribution in [2.45, 2.75) is 32.9 Å². The molecule has 1 fully saturated rings. The van der Waals surface area contributed by atoms with Gasteiger partial charge in [0.1, 0.15) is 0 Å². The van der Waals surface area contributed by atoms with Crippen molar-refractivity contribution in [3.63, 3.8) is 0 Å². The molecule has 2 aromatic rings. The number of likely N-dealkylation sites (tertiary alicyclic amines) is 1. The lowest BCUT2D eigenvalue weighted by molar-refractivity contribution is 0.331. The van der Waals surface area contributed by atoms with Gasteiger partial charge in [-0.25, -0.2) is 0 Å². The molecule has 2 aromatic carbocycles. The standard InChI is InChI=1S/C20H25N3S/c1-16-7-9-19(10-8-16)22-20(24)21-14-17-5-4-6-18(13-17)15-23-11-2-3-12-23/h4-10,13H,2-3,11-12,14-15H2,1H3,(H2,21,22,24). The van der Waals surface area contributed by atoms with Gasteiger partial charge in [-0.1, -0.05) is 42.0 Å². The van der Waals surface area contributed by atoms with Crippen LogP contribution in [0.2, 0.25) is 0 Å². The van der Waals surface area contributed by atoms with Crippen LogP contribution in [0.1, 0.15) is 29.5 Å². The number of nitrogens with zero attached hydrogens (tertiary/aromatic N) is 1. The average Bonchev–Trinajstić information content (AvgIpc) is 3.08. The van der Waals surface area contributed by atoms with Crippen molar-refractivity contribution in [2.24, 2.45) is 0 Å². The predicted octanol–water partition coefficient (Wildman–Crippen LogP) is 4.08. The quantitative estimate of drug-likeness (QED) is 0.803. The van der Waals surface area contributed by atoms with Crippen molar-refractivity contribution in [3.8, 4) is 0 Å².